The van der Waals surface area contributed by atoms with E-state index in [-0.39, 0.29) is 0 Å². The predicted molar refractivity (Wildman–Crippen MR) is 56.0 cm³/mol. The van der Waals surface area contributed by atoms with Gasteiger partial charge in [-0.05, 0) is 6.42 Å². The van der Waals surface area contributed by atoms with Gasteiger partial charge in [-0.1, -0.05) is 0 Å². The Balaban J connectivity index is 1.86. The monoisotopic (exact) mass is 206 g/mol. The number of rotatable bonds is 4. The van der Waals surface area contributed by atoms with E-state index in [1.165, 1.54) is 11.6 Å². The Morgan fingerprint density at radius 2 is 1.40 bits per heavy atom. The maximum absolute atomic E-state index is 3.25. The van der Waals surface area contributed by atoms with E-state index in [1.54, 1.807) is 0 Å². The second kappa shape index (κ2) is 4.29. The number of aryl methyl sites for hydroxylation is 4. The van der Waals surface area contributed by atoms with Crippen LogP contribution in [0.4, 0.5) is 0 Å². The lowest BCUT2D eigenvalue weighted by atomic mass is 10.2. The number of H-pyrrole nitrogens is 2. The standard InChI is InChI=1S/C11H16N4/c1-14-8-6-12-10(14)4-3-5-11-13-7-9-15(11)2/h6-9H,3-5H2,1-2H3/p+2. The van der Waals surface area contributed by atoms with E-state index in [1.807, 2.05) is 24.8 Å². The van der Waals surface area contributed by atoms with E-state index in [4.69, 9.17) is 0 Å². The van der Waals surface area contributed by atoms with Gasteiger partial charge in [0, 0.05) is 12.8 Å². The van der Waals surface area contributed by atoms with Gasteiger partial charge in [-0.3, -0.25) is 0 Å². The molecule has 2 N–H and O–H groups in total. The van der Waals surface area contributed by atoms with Crippen LogP contribution in [0.15, 0.2) is 24.8 Å². The molecule has 2 aromatic rings. The Bertz CT molecular complexity index is 387. The van der Waals surface area contributed by atoms with Crippen molar-refractivity contribution in [3.63, 3.8) is 0 Å². The molecule has 0 aromatic carbocycles. The third-order valence-electron chi connectivity index (χ3n) is 2.77. The molecule has 0 aliphatic carbocycles. The first-order valence-corrected chi connectivity index (χ1v) is 5.31. The zero-order chi connectivity index (χ0) is 10.7. The molecular weight excluding hydrogens is 188 g/mol. The highest BCUT2D eigenvalue weighted by Gasteiger charge is 2.09. The van der Waals surface area contributed by atoms with Crippen LogP contribution in [0.25, 0.3) is 0 Å². The van der Waals surface area contributed by atoms with E-state index in [0.717, 1.165) is 19.3 Å². The molecule has 4 heteroatoms. The van der Waals surface area contributed by atoms with Crippen molar-refractivity contribution in [2.75, 3.05) is 0 Å². The molecule has 2 rings (SSSR count). The summed E-state index contributed by atoms with van der Waals surface area (Å²) >= 11 is 0. The number of nitrogens with one attached hydrogen (secondary N) is 2. The molecule has 2 heterocycles. The van der Waals surface area contributed by atoms with E-state index >= 15 is 0 Å². The number of aromatic nitrogens is 4. The summed E-state index contributed by atoms with van der Waals surface area (Å²) in [6.45, 7) is 0. The zero-order valence-electron chi connectivity index (χ0n) is 9.33. The Labute approximate surface area is 89.6 Å². The largest absolute Gasteiger partial charge is 0.253 e. The van der Waals surface area contributed by atoms with Crippen molar-refractivity contribution in [2.45, 2.75) is 19.3 Å². The van der Waals surface area contributed by atoms with Gasteiger partial charge in [0.1, 0.15) is 24.8 Å². The molecule has 2 aromatic heterocycles. The van der Waals surface area contributed by atoms with Crippen molar-refractivity contribution < 1.29 is 9.13 Å². The van der Waals surface area contributed by atoms with Gasteiger partial charge in [-0.2, -0.15) is 0 Å². The minimum absolute atomic E-state index is 1.09. The van der Waals surface area contributed by atoms with E-state index in [2.05, 4.69) is 33.2 Å². The maximum Gasteiger partial charge on any atom is 0.253 e. The topological polar surface area (TPSA) is 39.3 Å². The molecular formula is C11H18N4+2. The van der Waals surface area contributed by atoms with Gasteiger partial charge in [0.05, 0.1) is 14.1 Å². The van der Waals surface area contributed by atoms with E-state index < -0.39 is 0 Å². The van der Waals surface area contributed by atoms with E-state index in [0.29, 0.717) is 0 Å². The fourth-order valence-electron chi connectivity index (χ4n) is 1.79. The van der Waals surface area contributed by atoms with Crippen LogP contribution in [0.3, 0.4) is 0 Å². The summed E-state index contributed by atoms with van der Waals surface area (Å²) in [4.78, 5) is 6.49. The lowest BCUT2D eigenvalue weighted by Crippen LogP contribution is -2.32. The van der Waals surface area contributed by atoms with Crippen molar-refractivity contribution in [3.8, 4) is 0 Å². The van der Waals surface area contributed by atoms with Gasteiger partial charge in [-0.15, -0.1) is 0 Å². The third kappa shape index (κ3) is 2.26. The first kappa shape index (κ1) is 9.96. The number of hydrogen-bond acceptors (Lipinski definition) is 0. The fraction of sp³-hybridized carbons (Fsp3) is 0.455. The third-order valence-corrected chi connectivity index (χ3v) is 2.77. The van der Waals surface area contributed by atoms with Gasteiger partial charge in [0.15, 0.2) is 0 Å². The Morgan fingerprint density at radius 3 is 1.73 bits per heavy atom. The quantitative estimate of drug-likeness (QED) is 0.669. The normalized spacial score (nSPS) is 10.8. The number of imidazole rings is 2. The minimum atomic E-state index is 1.09. The zero-order valence-corrected chi connectivity index (χ0v) is 9.33. The Kier molecular flexibility index (Phi) is 2.85. The van der Waals surface area contributed by atoms with Crippen molar-refractivity contribution in [1.82, 2.24) is 9.97 Å². The van der Waals surface area contributed by atoms with Crippen molar-refractivity contribution in [1.29, 1.82) is 0 Å². The average Bonchev–Trinajstić information content (AvgIpc) is 2.78. The van der Waals surface area contributed by atoms with Gasteiger partial charge in [0.2, 0.25) is 0 Å². The lowest BCUT2D eigenvalue weighted by Gasteiger charge is -1.94. The van der Waals surface area contributed by atoms with Gasteiger partial charge in [-0.25, -0.2) is 19.1 Å². The molecule has 15 heavy (non-hydrogen) atoms. The van der Waals surface area contributed by atoms with Crippen LogP contribution >= 0.6 is 0 Å². The first-order valence-electron chi connectivity index (χ1n) is 5.31. The summed E-state index contributed by atoms with van der Waals surface area (Å²) in [7, 11) is 4.14. The molecule has 0 atom stereocenters. The second-order valence-corrected chi connectivity index (χ2v) is 3.89. The molecule has 0 fully saturated rings. The lowest BCUT2D eigenvalue weighted by molar-refractivity contribution is -0.679. The summed E-state index contributed by atoms with van der Waals surface area (Å²) in [6, 6.07) is 0. The minimum Gasteiger partial charge on any atom is -0.248 e. The van der Waals surface area contributed by atoms with Crippen LogP contribution in [0, 0.1) is 0 Å². The van der Waals surface area contributed by atoms with Crippen LogP contribution in [0.5, 0.6) is 0 Å². The highest BCUT2D eigenvalue weighted by Crippen LogP contribution is 1.98. The molecule has 0 spiro atoms. The molecule has 0 saturated heterocycles. The fourth-order valence-corrected chi connectivity index (χ4v) is 1.79. The summed E-state index contributed by atoms with van der Waals surface area (Å²) < 4.78 is 4.27. The molecule has 4 nitrogen and oxygen atoms in total. The Hall–Kier alpha value is -1.58. The molecule has 0 saturated carbocycles. The average molecular weight is 206 g/mol. The van der Waals surface area contributed by atoms with E-state index in [9.17, 15) is 0 Å². The summed E-state index contributed by atoms with van der Waals surface area (Å²) in [5, 5.41) is 0. The smallest absolute Gasteiger partial charge is 0.248 e. The number of hydrogen-bond donors (Lipinski definition) is 2. The molecule has 0 radical (unpaired) electrons. The molecule has 0 bridgehead atoms. The second-order valence-electron chi connectivity index (χ2n) is 3.89. The first-order chi connectivity index (χ1) is 7.27. The maximum atomic E-state index is 3.25. The summed E-state index contributed by atoms with van der Waals surface area (Å²) in [5.74, 6) is 2.56. The highest BCUT2D eigenvalue weighted by molar-refractivity contribution is 4.81. The van der Waals surface area contributed by atoms with Gasteiger partial charge < -0.3 is 0 Å². The van der Waals surface area contributed by atoms with Crippen LogP contribution in [-0.4, -0.2) is 9.97 Å². The number of aromatic amines is 2. The SMILES string of the molecule is C[n+]1cc[nH]c1CCCc1[nH]cc[n+]1C. The van der Waals surface area contributed by atoms with Crippen LogP contribution in [0.1, 0.15) is 18.1 Å². The number of nitrogens with zero attached hydrogens (tertiary/aromatic N) is 2. The van der Waals surface area contributed by atoms with Crippen LogP contribution in [-0.2, 0) is 26.9 Å². The highest BCUT2D eigenvalue weighted by atomic mass is 15.0. The van der Waals surface area contributed by atoms with Gasteiger partial charge >= 0.3 is 0 Å². The molecule has 0 aliphatic rings. The van der Waals surface area contributed by atoms with Crippen LogP contribution < -0.4 is 9.13 Å². The van der Waals surface area contributed by atoms with Crippen molar-refractivity contribution in [3.05, 3.63) is 36.4 Å². The summed E-state index contributed by atoms with van der Waals surface area (Å²) in [6.07, 6.45) is 11.4. The van der Waals surface area contributed by atoms with Crippen LogP contribution in [0.2, 0.25) is 0 Å². The Morgan fingerprint density at radius 1 is 0.933 bits per heavy atom. The molecule has 0 aliphatic heterocycles. The van der Waals surface area contributed by atoms with Crippen molar-refractivity contribution >= 4 is 0 Å². The molecule has 80 valence electrons. The summed E-state index contributed by atoms with van der Waals surface area (Å²) in [5.41, 5.74) is 0. The predicted octanol–water partition coefficient (Wildman–Crippen LogP) is 0.167. The molecule has 0 unspecified atom stereocenters. The van der Waals surface area contributed by atoms with Gasteiger partial charge in [0.25, 0.3) is 11.6 Å². The molecule has 0 amide bonds. The van der Waals surface area contributed by atoms with Crippen molar-refractivity contribution in [2.24, 2.45) is 14.1 Å².